The maximum atomic E-state index is 4.11. The molecular formula is C9H13N2. The van der Waals surface area contributed by atoms with Gasteiger partial charge >= 0.3 is 0 Å². The Morgan fingerprint density at radius 3 is 3.09 bits per heavy atom. The molecular weight excluding hydrogens is 136 g/mol. The van der Waals surface area contributed by atoms with Gasteiger partial charge in [-0.05, 0) is 30.5 Å². The molecule has 1 N–H and O–H groups in total. The van der Waals surface area contributed by atoms with E-state index in [0.717, 1.165) is 12.2 Å². The molecule has 0 aromatic carbocycles. The van der Waals surface area contributed by atoms with Crippen LogP contribution in [0, 0.1) is 6.42 Å². The second kappa shape index (κ2) is 3.96. The number of nitrogens with zero attached hydrogens (tertiary/aromatic N) is 1. The van der Waals surface area contributed by atoms with Gasteiger partial charge in [0, 0.05) is 13.2 Å². The number of rotatable bonds is 3. The number of hydrogen-bond acceptors (Lipinski definition) is 2. The van der Waals surface area contributed by atoms with Crippen LogP contribution in [0.5, 0.6) is 0 Å². The third-order valence-corrected chi connectivity index (χ3v) is 1.48. The van der Waals surface area contributed by atoms with Crippen molar-refractivity contribution in [3.8, 4) is 0 Å². The van der Waals surface area contributed by atoms with Gasteiger partial charge in [-0.1, -0.05) is 6.92 Å². The van der Waals surface area contributed by atoms with E-state index in [0.29, 0.717) is 0 Å². The molecule has 0 saturated heterocycles. The summed E-state index contributed by atoms with van der Waals surface area (Å²) in [4.78, 5) is 4.11. The fourth-order valence-electron chi connectivity index (χ4n) is 0.946. The molecule has 0 aliphatic carbocycles. The molecule has 1 radical (unpaired) electrons. The van der Waals surface area contributed by atoms with Crippen LogP contribution in [0.4, 0.5) is 5.82 Å². The predicted molar refractivity (Wildman–Crippen MR) is 47.5 cm³/mol. The molecule has 59 valence electrons. The van der Waals surface area contributed by atoms with Crippen molar-refractivity contribution in [3.05, 3.63) is 30.3 Å². The molecule has 1 rings (SSSR count). The molecule has 0 fully saturated rings. The van der Waals surface area contributed by atoms with Gasteiger partial charge < -0.3 is 5.32 Å². The van der Waals surface area contributed by atoms with E-state index in [1.807, 2.05) is 25.4 Å². The van der Waals surface area contributed by atoms with Crippen molar-refractivity contribution in [2.24, 2.45) is 0 Å². The molecule has 11 heavy (non-hydrogen) atoms. The Morgan fingerprint density at radius 2 is 2.45 bits per heavy atom. The van der Waals surface area contributed by atoms with E-state index in [1.165, 1.54) is 5.56 Å². The predicted octanol–water partition coefficient (Wildman–Crippen LogP) is 2.09. The molecule has 0 atom stereocenters. The van der Waals surface area contributed by atoms with Gasteiger partial charge in [0.05, 0.1) is 0 Å². The van der Waals surface area contributed by atoms with Crippen LogP contribution in [-0.2, 0) is 0 Å². The fourth-order valence-corrected chi connectivity index (χ4v) is 0.946. The Morgan fingerprint density at radius 1 is 1.64 bits per heavy atom. The van der Waals surface area contributed by atoms with Crippen LogP contribution in [0.15, 0.2) is 18.3 Å². The molecule has 2 nitrogen and oxygen atoms in total. The average molecular weight is 149 g/mol. The first-order valence-corrected chi connectivity index (χ1v) is 3.84. The number of anilines is 1. The lowest BCUT2D eigenvalue weighted by Gasteiger charge is -2.00. The minimum absolute atomic E-state index is 0.923. The second-order valence-corrected chi connectivity index (χ2v) is 2.34. The molecule has 1 aromatic heterocycles. The molecule has 0 unspecified atom stereocenters. The van der Waals surface area contributed by atoms with E-state index < -0.39 is 0 Å². The fraction of sp³-hybridized carbons (Fsp3) is 0.333. The molecule has 0 spiro atoms. The van der Waals surface area contributed by atoms with Crippen LogP contribution in [0.1, 0.15) is 18.9 Å². The van der Waals surface area contributed by atoms with Crippen LogP contribution in [0.2, 0.25) is 0 Å². The molecule has 2 heteroatoms. The largest absolute Gasteiger partial charge is 0.373 e. The van der Waals surface area contributed by atoms with Gasteiger partial charge in [-0.25, -0.2) is 4.98 Å². The number of hydrogen-bond donors (Lipinski definition) is 1. The lowest BCUT2D eigenvalue weighted by Crippen LogP contribution is -1.92. The van der Waals surface area contributed by atoms with Gasteiger partial charge in [-0.3, -0.25) is 0 Å². The Bertz CT molecular complexity index is 221. The van der Waals surface area contributed by atoms with Crippen molar-refractivity contribution in [2.45, 2.75) is 13.3 Å². The Labute approximate surface area is 67.7 Å². The highest BCUT2D eigenvalue weighted by Gasteiger charge is 1.92. The Hall–Kier alpha value is -1.05. The van der Waals surface area contributed by atoms with Gasteiger partial charge in [0.1, 0.15) is 5.82 Å². The zero-order chi connectivity index (χ0) is 8.10. The van der Waals surface area contributed by atoms with E-state index in [2.05, 4.69) is 23.6 Å². The van der Waals surface area contributed by atoms with Crippen molar-refractivity contribution >= 4 is 5.82 Å². The third-order valence-electron chi connectivity index (χ3n) is 1.48. The van der Waals surface area contributed by atoms with Crippen LogP contribution in [0.3, 0.4) is 0 Å². The monoisotopic (exact) mass is 149 g/mol. The summed E-state index contributed by atoms with van der Waals surface area (Å²) in [7, 11) is 1.87. The number of nitrogens with one attached hydrogen (secondary N) is 1. The summed E-state index contributed by atoms with van der Waals surface area (Å²) in [6.07, 6.45) is 5.04. The van der Waals surface area contributed by atoms with Crippen molar-refractivity contribution in [1.29, 1.82) is 0 Å². The van der Waals surface area contributed by atoms with E-state index in [1.54, 1.807) is 0 Å². The summed E-state index contributed by atoms with van der Waals surface area (Å²) < 4.78 is 0. The topological polar surface area (TPSA) is 24.9 Å². The third kappa shape index (κ3) is 2.22. The van der Waals surface area contributed by atoms with E-state index in [-0.39, 0.29) is 0 Å². The average Bonchev–Trinajstić information content (AvgIpc) is 2.06. The van der Waals surface area contributed by atoms with E-state index >= 15 is 0 Å². The maximum absolute atomic E-state index is 4.11. The normalized spacial score (nSPS) is 9.64. The van der Waals surface area contributed by atoms with Gasteiger partial charge in [-0.15, -0.1) is 0 Å². The van der Waals surface area contributed by atoms with E-state index in [9.17, 15) is 0 Å². The van der Waals surface area contributed by atoms with Crippen LogP contribution in [0.25, 0.3) is 0 Å². The summed E-state index contributed by atoms with van der Waals surface area (Å²) in [6.45, 7) is 2.12. The van der Waals surface area contributed by atoms with Crippen molar-refractivity contribution in [3.63, 3.8) is 0 Å². The number of pyridine rings is 1. The standard InChI is InChI=1S/C9H13N2/c1-3-4-8-5-6-11-9(7-8)10-2/h4-7H,3H2,1-2H3,(H,10,11). The summed E-state index contributed by atoms with van der Waals surface area (Å²) >= 11 is 0. The van der Waals surface area contributed by atoms with Gasteiger partial charge in [0.15, 0.2) is 0 Å². The second-order valence-electron chi connectivity index (χ2n) is 2.34. The molecule has 1 aromatic rings. The van der Waals surface area contributed by atoms with Gasteiger partial charge in [0.2, 0.25) is 0 Å². The van der Waals surface area contributed by atoms with Crippen LogP contribution < -0.4 is 5.32 Å². The van der Waals surface area contributed by atoms with Crippen molar-refractivity contribution < 1.29 is 0 Å². The van der Waals surface area contributed by atoms with Gasteiger partial charge in [0.25, 0.3) is 0 Å². The van der Waals surface area contributed by atoms with Crippen molar-refractivity contribution in [1.82, 2.24) is 4.98 Å². The quantitative estimate of drug-likeness (QED) is 0.711. The zero-order valence-electron chi connectivity index (χ0n) is 6.96. The molecule has 0 aliphatic rings. The molecule has 0 aliphatic heterocycles. The highest BCUT2D eigenvalue weighted by Crippen LogP contribution is 2.08. The summed E-state index contributed by atoms with van der Waals surface area (Å²) in [5.41, 5.74) is 1.23. The smallest absolute Gasteiger partial charge is 0.125 e. The first-order valence-electron chi connectivity index (χ1n) is 3.84. The highest BCUT2D eigenvalue weighted by atomic mass is 14.9. The summed E-state index contributed by atoms with van der Waals surface area (Å²) in [5.74, 6) is 0.923. The lowest BCUT2D eigenvalue weighted by molar-refractivity contribution is 1.11. The van der Waals surface area contributed by atoms with Gasteiger partial charge in [-0.2, -0.15) is 0 Å². The minimum Gasteiger partial charge on any atom is -0.373 e. The number of aromatic nitrogens is 1. The molecule has 0 saturated carbocycles. The highest BCUT2D eigenvalue weighted by molar-refractivity contribution is 5.39. The SMILES string of the molecule is CC[CH]c1ccnc(NC)c1. The summed E-state index contributed by atoms with van der Waals surface area (Å²) in [5, 5.41) is 2.99. The first kappa shape index (κ1) is 8.05. The Kier molecular flexibility index (Phi) is 2.90. The summed E-state index contributed by atoms with van der Waals surface area (Å²) in [6, 6.07) is 4.04. The maximum Gasteiger partial charge on any atom is 0.125 e. The zero-order valence-corrected chi connectivity index (χ0v) is 6.96. The molecule has 1 heterocycles. The minimum atomic E-state index is 0.923. The van der Waals surface area contributed by atoms with Crippen LogP contribution in [-0.4, -0.2) is 12.0 Å². The molecule has 0 amide bonds. The van der Waals surface area contributed by atoms with E-state index in [4.69, 9.17) is 0 Å². The lowest BCUT2D eigenvalue weighted by atomic mass is 10.1. The van der Waals surface area contributed by atoms with Crippen LogP contribution >= 0.6 is 0 Å². The Balaban J connectivity index is 2.74. The molecule has 0 bridgehead atoms. The first-order chi connectivity index (χ1) is 5.36. The van der Waals surface area contributed by atoms with Crippen molar-refractivity contribution in [2.75, 3.05) is 12.4 Å².